The van der Waals surface area contributed by atoms with Crippen LogP contribution in [0.3, 0.4) is 0 Å². The van der Waals surface area contributed by atoms with Gasteiger partial charge in [-0.25, -0.2) is 9.97 Å². The predicted octanol–water partition coefficient (Wildman–Crippen LogP) is 4.24. The third-order valence-electron chi connectivity index (χ3n) is 3.57. The van der Waals surface area contributed by atoms with E-state index in [0.29, 0.717) is 23.1 Å². The van der Waals surface area contributed by atoms with Crippen LogP contribution in [0, 0.1) is 6.92 Å². The molecule has 0 aliphatic carbocycles. The topological polar surface area (TPSA) is 64.1 Å². The van der Waals surface area contributed by atoms with Crippen LogP contribution in [-0.4, -0.2) is 15.9 Å². The van der Waals surface area contributed by atoms with Crippen LogP contribution >= 0.6 is 11.3 Å². The number of rotatable bonds is 6. The molecular formula is C19H19N3O2S. The summed E-state index contributed by atoms with van der Waals surface area (Å²) in [6, 6.07) is 13.4. The normalized spacial score (nSPS) is 10.5. The zero-order valence-corrected chi connectivity index (χ0v) is 15.0. The minimum Gasteiger partial charge on any atom is -0.473 e. The number of nitrogens with one attached hydrogen (secondary N) is 1. The molecule has 3 rings (SSSR count). The van der Waals surface area contributed by atoms with E-state index in [0.717, 1.165) is 22.7 Å². The van der Waals surface area contributed by atoms with Crippen molar-refractivity contribution in [1.29, 1.82) is 0 Å². The molecule has 1 N–H and O–H groups in total. The minimum atomic E-state index is -0.158. The van der Waals surface area contributed by atoms with Crippen molar-refractivity contribution in [3.63, 3.8) is 0 Å². The van der Waals surface area contributed by atoms with Gasteiger partial charge in [0.05, 0.1) is 22.6 Å². The third-order valence-corrected chi connectivity index (χ3v) is 4.87. The first-order chi connectivity index (χ1) is 12.2. The van der Waals surface area contributed by atoms with Crippen molar-refractivity contribution < 1.29 is 9.53 Å². The van der Waals surface area contributed by atoms with Gasteiger partial charge in [-0.05, 0) is 25.0 Å². The summed E-state index contributed by atoms with van der Waals surface area (Å²) in [4.78, 5) is 21.6. The summed E-state index contributed by atoms with van der Waals surface area (Å²) in [7, 11) is 0. The number of pyridine rings is 1. The van der Waals surface area contributed by atoms with E-state index in [1.54, 1.807) is 18.3 Å². The number of ether oxygens (including phenoxy) is 1. The van der Waals surface area contributed by atoms with Gasteiger partial charge in [0.2, 0.25) is 5.88 Å². The SMILES string of the molecule is CCc1nc(C)c(C(=O)Nc2ccc(OCc3ccccc3)nc2)s1. The molecule has 25 heavy (non-hydrogen) atoms. The molecule has 6 heteroatoms. The van der Waals surface area contributed by atoms with Gasteiger partial charge in [-0.15, -0.1) is 11.3 Å². The van der Waals surface area contributed by atoms with E-state index >= 15 is 0 Å². The van der Waals surface area contributed by atoms with E-state index in [4.69, 9.17) is 4.74 Å². The van der Waals surface area contributed by atoms with E-state index in [2.05, 4.69) is 15.3 Å². The first kappa shape index (κ1) is 17.1. The van der Waals surface area contributed by atoms with Gasteiger partial charge in [0.25, 0.3) is 5.91 Å². The van der Waals surface area contributed by atoms with Crippen LogP contribution in [0.4, 0.5) is 5.69 Å². The number of carbonyl (C=O) groups is 1. The maximum absolute atomic E-state index is 12.4. The van der Waals surface area contributed by atoms with Gasteiger partial charge in [0, 0.05) is 6.07 Å². The molecule has 0 fully saturated rings. The van der Waals surface area contributed by atoms with E-state index in [1.807, 2.05) is 44.2 Å². The Morgan fingerprint density at radius 3 is 2.64 bits per heavy atom. The third kappa shape index (κ3) is 4.42. The Hall–Kier alpha value is -2.73. The van der Waals surface area contributed by atoms with Gasteiger partial charge in [0.1, 0.15) is 11.5 Å². The molecule has 2 heterocycles. The Labute approximate surface area is 150 Å². The molecule has 0 radical (unpaired) electrons. The van der Waals surface area contributed by atoms with E-state index in [9.17, 15) is 4.79 Å². The lowest BCUT2D eigenvalue weighted by molar-refractivity contribution is 0.102. The summed E-state index contributed by atoms with van der Waals surface area (Å²) in [6.45, 7) is 4.33. The van der Waals surface area contributed by atoms with Crippen LogP contribution in [0.1, 0.15) is 32.9 Å². The molecule has 3 aromatic rings. The summed E-state index contributed by atoms with van der Waals surface area (Å²) in [6.07, 6.45) is 2.42. The van der Waals surface area contributed by atoms with Crippen LogP contribution in [0.2, 0.25) is 0 Å². The molecule has 0 spiro atoms. The second kappa shape index (κ2) is 7.90. The first-order valence-electron chi connectivity index (χ1n) is 8.06. The van der Waals surface area contributed by atoms with Gasteiger partial charge < -0.3 is 10.1 Å². The van der Waals surface area contributed by atoms with Crippen molar-refractivity contribution in [2.24, 2.45) is 0 Å². The molecule has 0 saturated heterocycles. The van der Waals surface area contributed by atoms with Crippen molar-refractivity contribution in [2.75, 3.05) is 5.32 Å². The fraction of sp³-hybridized carbons (Fsp3) is 0.211. The highest BCUT2D eigenvalue weighted by atomic mass is 32.1. The molecule has 0 saturated carbocycles. The van der Waals surface area contributed by atoms with E-state index < -0.39 is 0 Å². The summed E-state index contributed by atoms with van der Waals surface area (Å²) < 4.78 is 5.64. The molecule has 0 aliphatic rings. The second-order valence-corrected chi connectivity index (χ2v) is 6.57. The van der Waals surface area contributed by atoms with E-state index in [1.165, 1.54) is 11.3 Å². The molecule has 2 aromatic heterocycles. The van der Waals surface area contributed by atoms with Crippen molar-refractivity contribution in [3.8, 4) is 5.88 Å². The highest BCUT2D eigenvalue weighted by Gasteiger charge is 2.15. The van der Waals surface area contributed by atoms with Crippen molar-refractivity contribution in [2.45, 2.75) is 26.9 Å². The van der Waals surface area contributed by atoms with Crippen LogP contribution in [0.15, 0.2) is 48.7 Å². The number of aromatic nitrogens is 2. The Kier molecular flexibility index (Phi) is 5.40. The lowest BCUT2D eigenvalue weighted by atomic mass is 10.2. The number of anilines is 1. The summed E-state index contributed by atoms with van der Waals surface area (Å²) in [5, 5.41) is 3.81. The molecule has 0 unspecified atom stereocenters. The van der Waals surface area contributed by atoms with Crippen molar-refractivity contribution >= 4 is 22.9 Å². The fourth-order valence-corrected chi connectivity index (χ4v) is 3.17. The average molecular weight is 353 g/mol. The number of carbonyl (C=O) groups excluding carboxylic acids is 1. The highest BCUT2D eigenvalue weighted by molar-refractivity contribution is 7.13. The summed E-state index contributed by atoms with van der Waals surface area (Å²) in [5.41, 5.74) is 2.46. The minimum absolute atomic E-state index is 0.158. The standard InChI is InChI=1S/C19H19N3O2S/c1-3-17-21-13(2)18(25-17)19(23)22-15-9-10-16(20-11-15)24-12-14-7-5-4-6-8-14/h4-11H,3,12H2,1-2H3,(H,22,23). The van der Waals surface area contributed by atoms with Crippen LogP contribution in [0.25, 0.3) is 0 Å². The largest absolute Gasteiger partial charge is 0.473 e. The van der Waals surface area contributed by atoms with Crippen LogP contribution < -0.4 is 10.1 Å². The van der Waals surface area contributed by atoms with Gasteiger partial charge in [-0.3, -0.25) is 4.79 Å². The Bertz CT molecular complexity index is 845. The van der Waals surface area contributed by atoms with Gasteiger partial charge in [-0.1, -0.05) is 37.3 Å². The molecule has 128 valence electrons. The monoisotopic (exact) mass is 353 g/mol. The Morgan fingerprint density at radius 1 is 1.20 bits per heavy atom. The molecule has 1 aromatic carbocycles. The number of hydrogen-bond acceptors (Lipinski definition) is 5. The van der Waals surface area contributed by atoms with Crippen LogP contribution in [0.5, 0.6) is 5.88 Å². The van der Waals surface area contributed by atoms with Gasteiger partial charge in [-0.2, -0.15) is 0 Å². The van der Waals surface area contributed by atoms with Crippen LogP contribution in [-0.2, 0) is 13.0 Å². The van der Waals surface area contributed by atoms with E-state index in [-0.39, 0.29) is 5.91 Å². The number of aryl methyl sites for hydroxylation is 2. The number of thiazole rings is 1. The number of hydrogen-bond donors (Lipinski definition) is 1. The fourth-order valence-electron chi connectivity index (χ4n) is 2.27. The first-order valence-corrected chi connectivity index (χ1v) is 8.87. The van der Waals surface area contributed by atoms with Crippen molar-refractivity contribution in [3.05, 3.63) is 69.8 Å². The second-order valence-electron chi connectivity index (χ2n) is 5.49. The van der Waals surface area contributed by atoms with Gasteiger partial charge >= 0.3 is 0 Å². The highest BCUT2D eigenvalue weighted by Crippen LogP contribution is 2.20. The van der Waals surface area contributed by atoms with Gasteiger partial charge in [0.15, 0.2) is 0 Å². The molecule has 5 nitrogen and oxygen atoms in total. The number of benzene rings is 1. The molecule has 1 amide bonds. The lowest BCUT2D eigenvalue weighted by Crippen LogP contribution is -2.11. The Balaban J connectivity index is 1.60. The molecule has 0 bridgehead atoms. The quantitative estimate of drug-likeness (QED) is 0.720. The summed E-state index contributed by atoms with van der Waals surface area (Å²) in [5.74, 6) is 0.360. The number of nitrogens with zero attached hydrogens (tertiary/aromatic N) is 2. The number of amides is 1. The smallest absolute Gasteiger partial charge is 0.267 e. The maximum Gasteiger partial charge on any atom is 0.267 e. The predicted molar refractivity (Wildman–Crippen MR) is 99.2 cm³/mol. The Morgan fingerprint density at radius 2 is 2.00 bits per heavy atom. The van der Waals surface area contributed by atoms with Crippen molar-refractivity contribution in [1.82, 2.24) is 9.97 Å². The zero-order valence-electron chi connectivity index (χ0n) is 14.2. The molecule has 0 aliphatic heterocycles. The average Bonchev–Trinajstić information content (AvgIpc) is 3.03. The maximum atomic E-state index is 12.4. The zero-order chi connectivity index (χ0) is 17.6. The molecular weight excluding hydrogens is 334 g/mol. The molecule has 0 atom stereocenters. The summed E-state index contributed by atoms with van der Waals surface area (Å²) >= 11 is 1.43. The lowest BCUT2D eigenvalue weighted by Gasteiger charge is -2.07.